The molecule has 0 aromatic carbocycles. The molecule has 2 amide bonds. The highest BCUT2D eigenvalue weighted by molar-refractivity contribution is 7.91. The number of rotatable bonds is 5. The van der Waals surface area contributed by atoms with Crippen molar-refractivity contribution in [2.24, 2.45) is 0 Å². The monoisotopic (exact) mass is 303 g/mol. The summed E-state index contributed by atoms with van der Waals surface area (Å²) in [6.07, 6.45) is 1.82. The van der Waals surface area contributed by atoms with Crippen LogP contribution in [-0.2, 0) is 19.4 Å². The zero-order chi connectivity index (χ0) is 14.6. The molecule has 1 N–H and O–H groups in total. The van der Waals surface area contributed by atoms with Crippen LogP contribution in [0.4, 0.5) is 0 Å². The third-order valence-electron chi connectivity index (χ3n) is 3.82. The van der Waals surface area contributed by atoms with Crippen LogP contribution in [-0.4, -0.2) is 80.8 Å². The molecule has 2 aliphatic rings. The van der Waals surface area contributed by atoms with Gasteiger partial charge in [0.2, 0.25) is 12.3 Å². The number of piperazine rings is 1. The van der Waals surface area contributed by atoms with E-state index in [4.69, 9.17) is 0 Å². The number of nitrogens with one attached hydrogen (secondary N) is 1. The second kappa shape index (κ2) is 6.53. The number of carbonyl (C=O) groups excluding carboxylic acids is 2. The first-order valence-electron chi connectivity index (χ1n) is 6.91. The van der Waals surface area contributed by atoms with E-state index in [1.807, 2.05) is 0 Å². The van der Waals surface area contributed by atoms with Gasteiger partial charge >= 0.3 is 0 Å². The third-order valence-corrected chi connectivity index (χ3v) is 5.59. The maximum Gasteiger partial charge on any atom is 0.223 e. The van der Waals surface area contributed by atoms with Crippen molar-refractivity contribution in [1.82, 2.24) is 15.1 Å². The smallest absolute Gasteiger partial charge is 0.223 e. The largest absolute Gasteiger partial charge is 0.342 e. The summed E-state index contributed by atoms with van der Waals surface area (Å²) in [6, 6.07) is -0.0142. The summed E-state index contributed by atoms with van der Waals surface area (Å²) in [4.78, 5) is 25.9. The summed E-state index contributed by atoms with van der Waals surface area (Å²) in [5, 5.41) is 3.13. The Morgan fingerprint density at radius 3 is 2.50 bits per heavy atom. The number of hydrogen-bond acceptors (Lipinski definition) is 5. The summed E-state index contributed by atoms with van der Waals surface area (Å²) < 4.78 is 22.6. The minimum atomic E-state index is -2.87. The van der Waals surface area contributed by atoms with Gasteiger partial charge in [-0.2, -0.15) is 0 Å². The lowest BCUT2D eigenvalue weighted by Gasteiger charge is -2.32. The Labute approximate surface area is 119 Å². The van der Waals surface area contributed by atoms with Crippen LogP contribution in [0.15, 0.2) is 0 Å². The molecule has 2 rings (SSSR count). The number of nitrogens with zero attached hydrogens (tertiary/aromatic N) is 2. The number of sulfone groups is 1. The fraction of sp³-hybridized carbons (Fsp3) is 0.833. The average Bonchev–Trinajstić information content (AvgIpc) is 2.78. The van der Waals surface area contributed by atoms with E-state index in [0.717, 1.165) is 6.41 Å². The molecule has 8 heteroatoms. The van der Waals surface area contributed by atoms with Gasteiger partial charge in [0.1, 0.15) is 0 Å². The lowest BCUT2D eigenvalue weighted by Crippen LogP contribution is -2.48. The zero-order valence-electron chi connectivity index (χ0n) is 11.5. The van der Waals surface area contributed by atoms with Gasteiger partial charge in [-0.3, -0.25) is 9.59 Å². The summed E-state index contributed by atoms with van der Waals surface area (Å²) in [5.74, 6) is 0.481. The molecule has 2 saturated heterocycles. The molecule has 0 bridgehead atoms. The Hall–Kier alpha value is -1.15. The van der Waals surface area contributed by atoms with Crippen LogP contribution >= 0.6 is 0 Å². The maximum atomic E-state index is 12.0. The Morgan fingerprint density at radius 2 is 1.95 bits per heavy atom. The third kappa shape index (κ3) is 4.17. The quantitative estimate of drug-likeness (QED) is 0.622. The van der Waals surface area contributed by atoms with Gasteiger partial charge in [0.25, 0.3) is 0 Å². The molecule has 2 heterocycles. The molecule has 2 fully saturated rings. The highest BCUT2D eigenvalue weighted by atomic mass is 32.2. The fourth-order valence-corrected chi connectivity index (χ4v) is 4.28. The molecular formula is C12H21N3O4S. The Bertz CT molecular complexity index is 457. The van der Waals surface area contributed by atoms with Gasteiger partial charge in [-0.15, -0.1) is 0 Å². The minimum absolute atomic E-state index is 0.0142. The molecule has 0 aromatic rings. The first kappa shape index (κ1) is 15.2. The first-order chi connectivity index (χ1) is 9.50. The Kier molecular flexibility index (Phi) is 4.98. The van der Waals surface area contributed by atoms with Crippen LogP contribution < -0.4 is 5.32 Å². The van der Waals surface area contributed by atoms with E-state index < -0.39 is 9.84 Å². The lowest BCUT2D eigenvalue weighted by atomic mass is 10.2. The van der Waals surface area contributed by atoms with Gasteiger partial charge in [0.15, 0.2) is 9.84 Å². The molecule has 2 aliphatic heterocycles. The standard InChI is InChI=1S/C12H21N3O4S/c16-10-14-4-6-15(7-5-14)12(17)1-3-13-11-2-8-20(18,19)9-11/h10-11,13H,1-9H2. The van der Waals surface area contributed by atoms with Gasteiger partial charge < -0.3 is 15.1 Å². The SMILES string of the molecule is O=CN1CCN(C(=O)CCNC2CCS(=O)(=O)C2)CC1. The highest BCUT2D eigenvalue weighted by Crippen LogP contribution is 2.11. The van der Waals surface area contributed by atoms with Gasteiger partial charge in [-0.1, -0.05) is 0 Å². The van der Waals surface area contributed by atoms with Gasteiger partial charge in [-0.05, 0) is 6.42 Å². The normalized spacial score (nSPS) is 25.7. The molecule has 0 aromatic heterocycles. The lowest BCUT2D eigenvalue weighted by molar-refractivity contribution is -0.135. The van der Waals surface area contributed by atoms with Gasteiger partial charge in [0, 0.05) is 45.2 Å². The number of amides is 2. The molecular weight excluding hydrogens is 282 g/mol. The van der Waals surface area contributed by atoms with E-state index in [1.165, 1.54) is 0 Å². The predicted molar refractivity (Wildman–Crippen MR) is 73.9 cm³/mol. The van der Waals surface area contributed by atoms with Crippen LogP contribution in [0.5, 0.6) is 0 Å². The topological polar surface area (TPSA) is 86.8 Å². The number of carbonyl (C=O) groups is 2. The van der Waals surface area contributed by atoms with Crippen LogP contribution in [0.2, 0.25) is 0 Å². The maximum absolute atomic E-state index is 12.0. The highest BCUT2D eigenvalue weighted by Gasteiger charge is 2.27. The van der Waals surface area contributed by atoms with E-state index >= 15 is 0 Å². The van der Waals surface area contributed by atoms with Crippen LogP contribution in [0.25, 0.3) is 0 Å². The summed E-state index contributed by atoms with van der Waals surface area (Å²) in [7, 11) is -2.87. The van der Waals surface area contributed by atoms with Crippen molar-refractivity contribution in [1.29, 1.82) is 0 Å². The van der Waals surface area contributed by atoms with E-state index in [0.29, 0.717) is 45.6 Å². The average molecular weight is 303 g/mol. The minimum Gasteiger partial charge on any atom is -0.342 e. The van der Waals surface area contributed by atoms with E-state index in [9.17, 15) is 18.0 Å². The Morgan fingerprint density at radius 1 is 1.25 bits per heavy atom. The number of hydrogen-bond donors (Lipinski definition) is 1. The summed E-state index contributed by atoms with van der Waals surface area (Å²) >= 11 is 0. The Balaban J connectivity index is 1.65. The van der Waals surface area contributed by atoms with Gasteiger partial charge in [-0.25, -0.2) is 8.42 Å². The molecule has 1 unspecified atom stereocenters. The molecule has 0 saturated carbocycles. The van der Waals surface area contributed by atoms with E-state index in [1.54, 1.807) is 9.80 Å². The molecule has 0 radical (unpaired) electrons. The van der Waals surface area contributed by atoms with Crippen molar-refractivity contribution < 1.29 is 18.0 Å². The zero-order valence-corrected chi connectivity index (χ0v) is 12.3. The molecule has 7 nitrogen and oxygen atoms in total. The van der Waals surface area contributed by atoms with Crippen molar-refractivity contribution in [3.8, 4) is 0 Å². The second-order valence-electron chi connectivity index (χ2n) is 5.33. The molecule has 114 valence electrons. The van der Waals surface area contributed by atoms with E-state index in [-0.39, 0.29) is 23.5 Å². The fourth-order valence-electron chi connectivity index (χ4n) is 2.57. The molecule has 0 spiro atoms. The second-order valence-corrected chi connectivity index (χ2v) is 7.55. The predicted octanol–water partition coefficient (Wildman–Crippen LogP) is -1.55. The van der Waals surface area contributed by atoms with Crippen molar-refractivity contribution in [2.75, 3.05) is 44.2 Å². The van der Waals surface area contributed by atoms with Crippen LogP contribution in [0, 0.1) is 0 Å². The molecule has 1 atom stereocenters. The van der Waals surface area contributed by atoms with Crippen molar-refractivity contribution >= 4 is 22.2 Å². The van der Waals surface area contributed by atoms with Crippen molar-refractivity contribution in [2.45, 2.75) is 18.9 Å². The van der Waals surface area contributed by atoms with Crippen LogP contribution in [0.1, 0.15) is 12.8 Å². The van der Waals surface area contributed by atoms with Crippen molar-refractivity contribution in [3.63, 3.8) is 0 Å². The first-order valence-corrected chi connectivity index (χ1v) is 8.73. The van der Waals surface area contributed by atoms with Crippen molar-refractivity contribution in [3.05, 3.63) is 0 Å². The molecule has 20 heavy (non-hydrogen) atoms. The van der Waals surface area contributed by atoms with E-state index in [2.05, 4.69) is 5.32 Å². The molecule has 0 aliphatic carbocycles. The van der Waals surface area contributed by atoms with Crippen LogP contribution in [0.3, 0.4) is 0 Å². The summed E-state index contributed by atoms with van der Waals surface area (Å²) in [5.41, 5.74) is 0. The van der Waals surface area contributed by atoms with Gasteiger partial charge in [0.05, 0.1) is 11.5 Å². The summed E-state index contributed by atoms with van der Waals surface area (Å²) in [6.45, 7) is 2.84.